The number of nitrogens with zero attached hydrogens (tertiary/aromatic N) is 3. The number of pyridine rings is 1. The molecule has 0 atom stereocenters. The van der Waals surface area contributed by atoms with Gasteiger partial charge in [-0.1, -0.05) is 0 Å². The second-order valence-corrected chi connectivity index (χ2v) is 5.39. The molecule has 3 heterocycles. The molecule has 0 spiro atoms. The number of anilines is 1. The van der Waals surface area contributed by atoms with E-state index in [1.54, 1.807) is 0 Å². The van der Waals surface area contributed by atoms with Crippen LogP contribution < -0.4 is 10.1 Å². The maximum atomic E-state index is 12.8. The summed E-state index contributed by atoms with van der Waals surface area (Å²) in [6, 6.07) is 4.04. The second kappa shape index (κ2) is 6.37. The molecule has 23 heavy (non-hydrogen) atoms. The Bertz CT molecular complexity index is 806. The first-order chi connectivity index (χ1) is 11.1. The van der Waals surface area contributed by atoms with Crippen molar-refractivity contribution in [2.75, 3.05) is 18.5 Å². The van der Waals surface area contributed by atoms with Crippen molar-refractivity contribution >= 4 is 27.4 Å². The number of nitrogens with one attached hydrogen (secondary N) is 1. The average Bonchev–Trinajstić information content (AvgIpc) is 3.00. The third-order valence-electron chi connectivity index (χ3n) is 2.97. The van der Waals surface area contributed by atoms with Gasteiger partial charge in [0.15, 0.2) is 0 Å². The molecule has 3 aromatic rings. The van der Waals surface area contributed by atoms with Crippen molar-refractivity contribution in [3.8, 4) is 5.88 Å². The lowest BCUT2D eigenvalue weighted by molar-refractivity contribution is -0.139. The van der Waals surface area contributed by atoms with Crippen molar-refractivity contribution < 1.29 is 17.9 Å². The lowest BCUT2D eigenvalue weighted by Gasteiger charge is -2.13. The third kappa shape index (κ3) is 3.50. The Balaban J connectivity index is 1.62. The molecule has 0 radical (unpaired) electrons. The summed E-state index contributed by atoms with van der Waals surface area (Å²) in [6.45, 7) is 0.311. The SMILES string of the molecule is FC(F)(F)c1cccnc1OCCNc1ncnc2sccc12. The smallest absolute Gasteiger partial charge is 0.421 e. The van der Waals surface area contributed by atoms with E-state index in [2.05, 4.69) is 20.3 Å². The van der Waals surface area contributed by atoms with Crippen LogP contribution in [0, 0.1) is 0 Å². The molecule has 3 rings (SSSR count). The molecule has 3 aromatic heterocycles. The maximum absolute atomic E-state index is 12.8. The van der Waals surface area contributed by atoms with Gasteiger partial charge in [0, 0.05) is 6.20 Å². The first-order valence-electron chi connectivity index (χ1n) is 6.63. The van der Waals surface area contributed by atoms with Gasteiger partial charge in [0.2, 0.25) is 5.88 Å². The number of hydrogen-bond donors (Lipinski definition) is 1. The molecule has 0 aliphatic rings. The van der Waals surface area contributed by atoms with Crippen LogP contribution in [0.1, 0.15) is 5.56 Å². The summed E-state index contributed by atoms with van der Waals surface area (Å²) in [7, 11) is 0. The number of halogens is 3. The minimum absolute atomic E-state index is 0.0235. The van der Waals surface area contributed by atoms with E-state index in [0.717, 1.165) is 16.3 Å². The van der Waals surface area contributed by atoms with Gasteiger partial charge >= 0.3 is 6.18 Å². The average molecular weight is 340 g/mol. The van der Waals surface area contributed by atoms with Gasteiger partial charge in [0.25, 0.3) is 0 Å². The number of aromatic nitrogens is 3. The molecular formula is C14H11F3N4OS. The van der Waals surface area contributed by atoms with Crippen LogP contribution in [0.4, 0.5) is 19.0 Å². The minimum Gasteiger partial charge on any atom is -0.475 e. The topological polar surface area (TPSA) is 59.9 Å². The number of fused-ring (bicyclic) bond motifs is 1. The first-order valence-corrected chi connectivity index (χ1v) is 7.51. The molecule has 1 N–H and O–H groups in total. The second-order valence-electron chi connectivity index (χ2n) is 4.49. The normalized spacial score (nSPS) is 11.6. The largest absolute Gasteiger partial charge is 0.475 e. The van der Waals surface area contributed by atoms with Crippen LogP contribution in [0.3, 0.4) is 0 Å². The molecule has 0 aliphatic heterocycles. The Kier molecular flexibility index (Phi) is 4.28. The molecule has 0 aliphatic carbocycles. The van der Waals surface area contributed by atoms with Crippen molar-refractivity contribution in [3.05, 3.63) is 41.7 Å². The van der Waals surface area contributed by atoms with Crippen LogP contribution in [0.2, 0.25) is 0 Å². The highest BCUT2D eigenvalue weighted by Crippen LogP contribution is 2.34. The van der Waals surface area contributed by atoms with Crippen LogP contribution in [0.15, 0.2) is 36.1 Å². The van der Waals surface area contributed by atoms with Gasteiger partial charge < -0.3 is 10.1 Å². The van der Waals surface area contributed by atoms with Gasteiger partial charge in [-0.15, -0.1) is 11.3 Å². The quantitative estimate of drug-likeness (QED) is 0.719. The van der Waals surface area contributed by atoms with E-state index in [0.29, 0.717) is 5.82 Å². The summed E-state index contributed by atoms with van der Waals surface area (Å²) >= 11 is 1.48. The molecule has 0 saturated carbocycles. The molecule has 120 valence electrons. The predicted molar refractivity (Wildman–Crippen MR) is 80.6 cm³/mol. The van der Waals surface area contributed by atoms with Crippen molar-refractivity contribution in [1.82, 2.24) is 15.0 Å². The van der Waals surface area contributed by atoms with Crippen molar-refractivity contribution in [3.63, 3.8) is 0 Å². The Hall–Kier alpha value is -2.42. The standard InChI is InChI=1S/C14H11F3N4OS/c15-14(16,17)10-2-1-4-19-12(10)22-6-5-18-11-9-3-7-23-13(9)21-8-20-11/h1-4,7-8H,5-6H2,(H,18,20,21). The van der Waals surface area contributed by atoms with Gasteiger partial charge in [-0.05, 0) is 23.6 Å². The Morgan fingerprint density at radius 2 is 2.04 bits per heavy atom. The molecule has 9 heteroatoms. The van der Waals surface area contributed by atoms with Gasteiger partial charge in [-0.25, -0.2) is 15.0 Å². The molecule has 0 unspecified atom stereocenters. The van der Waals surface area contributed by atoms with Crippen LogP contribution >= 0.6 is 11.3 Å². The van der Waals surface area contributed by atoms with E-state index in [9.17, 15) is 13.2 Å². The molecule has 0 amide bonds. The Labute approximate surface area is 133 Å². The van der Waals surface area contributed by atoms with Gasteiger partial charge in [0.05, 0.1) is 11.9 Å². The molecular weight excluding hydrogens is 329 g/mol. The summed E-state index contributed by atoms with van der Waals surface area (Å²) in [6.07, 6.45) is -1.80. The highest BCUT2D eigenvalue weighted by molar-refractivity contribution is 7.16. The van der Waals surface area contributed by atoms with Crippen LogP contribution in [-0.2, 0) is 6.18 Å². The molecule has 0 bridgehead atoms. The number of hydrogen-bond acceptors (Lipinski definition) is 6. The zero-order valence-corrected chi connectivity index (χ0v) is 12.5. The van der Waals surface area contributed by atoms with E-state index in [-0.39, 0.29) is 13.2 Å². The fraction of sp³-hybridized carbons (Fsp3) is 0.214. The van der Waals surface area contributed by atoms with Crippen LogP contribution in [0.25, 0.3) is 10.2 Å². The lowest BCUT2D eigenvalue weighted by Crippen LogP contribution is -2.16. The number of alkyl halides is 3. The van der Waals surface area contributed by atoms with Gasteiger partial charge in [0.1, 0.15) is 29.1 Å². The highest BCUT2D eigenvalue weighted by atomic mass is 32.1. The van der Waals surface area contributed by atoms with E-state index in [1.807, 2.05) is 11.4 Å². The predicted octanol–water partition coefficient (Wildman–Crippen LogP) is 3.60. The zero-order chi connectivity index (χ0) is 16.3. The summed E-state index contributed by atoms with van der Waals surface area (Å²) in [4.78, 5) is 12.7. The van der Waals surface area contributed by atoms with E-state index in [4.69, 9.17) is 4.74 Å². The van der Waals surface area contributed by atoms with Gasteiger partial charge in [-0.3, -0.25) is 0 Å². The van der Waals surface area contributed by atoms with E-state index < -0.39 is 17.6 Å². The number of rotatable bonds is 5. The molecule has 5 nitrogen and oxygen atoms in total. The van der Waals surface area contributed by atoms with Crippen molar-refractivity contribution in [2.24, 2.45) is 0 Å². The fourth-order valence-corrected chi connectivity index (χ4v) is 2.70. The van der Waals surface area contributed by atoms with Crippen LogP contribution in [-0.4, -0.2) is 28.1 Å². The van der Waals surface area contributed by atoms with Crippen LogP contribution in [0.5, 0.6) is 5.88 Å². The first kappa shape index (κ1) is 15.5. The maximum Gasteiger partial charge on any atom is 0.421 e. The Morgan fingerprint density at radius 3 is 2.87 bits per heavy atom. The summed E-state index contributed by atoms with van der Waals surface area (Å²) in [5, 5.41) is 5.78. The summed E-state index contributed by atoms with van der Waals surface area (Å²) < 4.78 is 43.6. The number of ether oxygens (including phenoxy) is 1. The molecule has 0 fully saturated rings. The monoisotopic (exact) mass is 340 g/mol. The van der Waals surface area contributed by atoms with Crippen molar-refractivity contribution in [1.29, 1.82) is 0 Å². The molecule has 0 aromatic carbocycles. The third-order valence-corrected chi connectivity index (χ3v) is 3.79. The summed E-state index contributed by atoms with van der Waals surface area (Å²) in [5.74, 6) is 0.196. The molecule has 0 saturated heterocycles. The van der Waals surface area contributed by atoms with Crippen molar-refractivity contribution in [2.45, 2.75) is 6.18 Å². The lowest BCUT2D eigenvalue weighted by atomic mass is 10.2. The van der Waals surface area contributed by atoms with Gasteiger partial charge in [-0.2, -0.15) is 13.2 Å². The fourth-order valence-electron chi connectivity index (χ4n) is 1.97. The minimum atomic E-state index is -4.49. The number of thiophene rings is 1. The zero-order valence-electron chi connectivity index (χ0n) is 11.7. The van der Waals surface area contributed by atoms with E-state index >= 15 is 0 Å². The highest BCUT2D eigenvalue weighted by Gasteiger charge is 2.34. The van der Waals surface area contributed by atoms with E-state index in [1.165, 1.54) is 29.9 Å². The summed E-state index contributed by atoms with van der Waals surface area (Å²) in [5.41, 5.74) is -0.887. The Morgan fingerprint density at radius 1 is 1.17 bits per heavy atom.